The Bertz CT molecular complexity index is 2140. The molecule has 0 unspecified atom stereocenters. The van der Waals surface area contributed by atoms with Crippen LogP contribution < -0.4 is 10.9 Å². The second kappa shape index (κ2) is 12.5. The number of halogens is 5. The van der Waals surface area contributed by atoms with E-state index in [1.54, 1.807) is 13.0 Å². The fourth-order valence-electron chi connectivity index (χ4n) is 6.70. The van der Waals surface area contributed by atoms with Crippen LogP contribution in [-0.4, -0.2) is 72.3 Å². The molecule has 0 saturated carbocycles. The topological polar surface area (TPSA) is 153 Å². The van der Waals surface area contributed by atoms with E-state index in [9.17, 15) is 37.1 Å². The second-order valence-corrected chi connectivity index (χ2v) is 12.5. The maximum absolute atomic E-state index is 14.3. The fraction of sp³-hybridized carbons (Fsp3) is 0.375. The second-order valence-electron chi connectivity index (χ2n) is 12.1. The van der Waals surface area contributed by atoms with E-state index in [0.29, 0.717) is 31.4 Å². The molecule has 50 heavy (non-hydrogen) atoms. The van der Waals surface area contributed by atoms with Crippen LogP contribution in [0.25, 0.3) is 11.4 Å². The summed E-state index contributed by atoms with van der Waals surface area (Å²) in [6.45, 7) is 2.13. The Morgan fingerprint density at radius 3 is 2.64 bits per heavy atom. The van der Waals surface area contributed by atoms with Gasteiger partial charge in [0.1, 0.15) is 12.1 Å². The summed E-state index contributed by atoms with van der Waals surface area (Å²) >= 11 is 6.10. The number of carbonyl (C=O) groups is 2. The van der Waals surface area contributed by atoms with Crippen LogP contribution in [0.15, 0.2) is 41.3 Å². The lowest BCUT2D eigenvalue weighted by Crippen LogP contribution is -2.47. The number of hydrogen-bond donors (Lipinski definition) is 2. The third-order valence-corrected chi connectivity index (χ3v) is 9.40. The van der Waals surface area contributed by atoms with Crippen LogP contribution in [0.4, 0.5) is 23.2 Å². The largest absolute Gasteiger partial charge is 0.503 e. The van der Waals surface area contributed by atoms with Crippen LogP contribution >= 0.6 is 11.6 Å². The molecule has 7 rings (SSSR count). The zero-order chi connectivity index (χ0) is 35.5. The van der Waals surface area contributed by atoms with E-state index in [0.717, 1.165) is 34.5 Å². The van der Waals surface area contributed by atoms with Crippen LogP contribution in [0.1, 0.15) is 65.4 Å². The van der Waals surface area contributed by atoms with E-state index >= 15 is 0 Å². The maximum Gasteiger partial charge on any atom is 0.416 e. The summed E-state index contributed by atoms with van der Waals surface area (Å²) in [5, 5.41) is 16.8. The van der Waals surface area contributed by atoms with Crippen LogP contribution in [0.5, 0.6) is 5.75 Å². The van der Waals surface area contributed by atoms with Crippen molar-refractivity contribution >= 4 is 40.5 Å². The molecule has 262 valence electrons. The first-order valence-electron chi connectivity index (χ1n) is 15.6. The van der Waals surface area contributed by atoms with Crippen LogP contribution in [0, 0.1) is 5.82 Å². The Kier molecular flexibility index (Phi) is 8.39. The van der Waals surface area contributed by atoms with Gasteiger partial charge in [0.05, 0.1) is 46.8 Å². The lowest BCUT2D eigenvalue weighted by Gasteiger charge is -2.39. The Balaban J connectivity index is 1.26. The van der Waals surface area contributed by atoms with Gasteiger partial charge in [-0.05, 0) is 56.0 Å². The van der Waals surface area contributed by atoms with Gasteiger partial charge in [0.2, 0.25) is 11.7 Å². The normalized spacial score (nSPS) is 18.7. The van der Waals surface area contributed by atoms with Crippen molar-refractivity contribution in [3.63, 3.8) is 0 Å². The molecule has 2 amide bonds. The summed E-state index contributed by atoms with van der Waals surface area (Å²) in [6, 6.07) is 3.49. The lowest BCUT2D eigenvalue weighted by molar-refractivity contribution is -0.137. The third kappa shape index (κ3) is 5.78. The number of hydrogen-bond acceptors (Lipinski definition) is 9. The molecule has 1 aromatic carbocycles. The van der Waals surface area contributed by atoms with E-state index in [4.69, 9.17) is 21.1 Å². The molecule has 13 nitrogen and oxygen atoms in total. The number of fused-ring (bicyclic) bond motifs is 3. The fourth-order valence-corrected chi connectivity index (χ4v) is 6.93. The highest BCUT2D eigenvalue weighted by Crippen LogP contribution is 2.48. The molecule has 0 radical (unpaired) electrons. The van der Waals surface area contributed by atoms with E-state index in [1.807, 2.05) is 0 Å². The number of anilines is 1. The molecule has 3 aliphatic rings. The monoisotopic (exact) mass is 717 g/mol. The zero-order valence-electron chi connectivity index (χ0n) is 26.3. The Labute approximate surface area is 285 Å². The molecule has 3 aromatic heterocycles. The van der Waals surface area contributed by atoms with Gasteiger partial charge in [0, 0.05) is 19.3 Å². The number of likely N-dealkylation sites (tertiary alicyclic amines) is 1. The molecular weight excluding hydrogens is 690 g/mol. The summed E-state index contributed by atoms with van der Waals surface area (Å²) in [7, 11) is 0. The molecule has 1 fully saturated rings. The van der Waals surface area contributed by atoms with Crippen molar-refractivity contribution in [1.82, 2.24) is 29.0 Å². The number of carbonyl (C=O) groups excluding carboxylic acids is 2. The number of pyridine rings is 1. The number of nitrogens with zero attached hydrogens (tertiary/aromatic N) is 6. The Hall–Kier alpha value is -4.87. The first-order chi connectivity index (χ1) is 23.8. The summed E-state index contributed by atoms with van der Waals surface area (Å²) < 4.78 is 68.0. The van der Waals surface area contributed by atoms with Crippen molar-refractivity contribution in [2.45, 2.75) is 50.6 Å². The minimum atomic E-state index is -4.63. The van der Waals surface area contributed by atoms with Crippen LogP contribution in [0.3, 0.4) is 0 Å². The molecule has 1 saturated heterocycles. The highest BCUT2D eigenvalue weighted by Gasteiger charge is 2.50. The number of benzene rings is 1. The third-order valence-electron chi connectivity index (χ3n) is 9.09. The zero-order valence-corrected chi connectivity index (χ0v) is 27.0. The van der Waals surface area contributed by atoms with Crippen molar-refractivity contribution in [2.75, 3.05) is 31.6 Å². The molecule has 1 spiro atoms. The first kappa shape index (κ1) is 33.6. The summed E-state index contributed by atoms with van der Waals surface area (Å²) in [6.07, 6.45) is -1.76. The lowest BCUT2D eigenvalue weighted by atomic mass is 9.85. The summed E-state index contributed by atoms with van der Waals surface area (Å²) in [5.74, 6) is -2.92. The molecule has 0 aliphatic carbocycles. The molecule has 0 bridgehead atoms. The Morgan fingerprint density at radius 2 is 1.96 bits per heavy atom. The number of amides is 2. The average Bonchev–Trinajstić information content (AvgIpc) is 3.65. The van der Waals surface area contributed by atoms with E-state index in [-0.39, 0.29) is 53.8 Å². The van der Waals surface area contributed by atoms with Gasteiger partial charge in [-0.15, -0.1) is 5.10 Å². The van der Waals surface area contributed by atoms with Gasteiger partial charge in [-0.2, -0.15) is 22.7 Å². The number of ether oxygens (including phenoxy) is 2. The molecule has 3 aliphatic heterocycles. The number of aromatic hydroxyl groups is 1. The van der Waals surface area contributed by atoms with Crippen LogP contribution in [-0.2, 0) is 32.6 Å². The molecular formula is C32H28ClF4N7O6. The van der Waals surface area contributed by atoms with Crippen molar-refractivity contribution < 1.29 is 41.7 Å². The number of alkyl halides is 3. The van der Waals surface area contributed by atoms with Gasteiger partial charge in [-0.1, -0.05) is 17.7 Å². The molecule has 2 N–H and O–H groups in total. The van der Waals surface area contributed by atoms with Crippen LogP contribution in [0.2, 0.25) is 5.02 Å². The quantitative estimate of drug-likeness (QED) is 0.285. The Morgan fingerprint density at radius 1 is 1.20 bits per heavy atom. The van der Waals surface area contributed by atoms with Crippen molar-refractivity contribution in [2.24, 2.45) is 0 Å². The molecule has 1 atom stereocenters. The summed E-state index contributed by atoms with van der Waals surface area (Å²) in [5.41, 5.74) is -1.91. The van der Waals surface area contributed by atoms with Gasteiger partial charge in [-0.25, -0.2) is 9.37 Å². The van der Waals surface area contributed by atoms with Gasteiger partial charge in [-0.3, -0.25) is 14.4 Å². The first-order valence-corrected chi connectivity index (χ1v) is 15.9. The average molecular weight is 718 g/mol. The van der Waals surface area contributed by atoms with Crippen molar-refractivity contribution in [3.8, 4) is 5.75 Å². The predicted molar refractivity (Wildman–Crippen MR) is 168 cm³/mol. The van der Waals surface area contributed by atoms with Gasteiger partial charge in [0.15, 0.2) is 23.1 Å². The van der Waals surface area contributed by atoms with Gasteiger partial charge in [0.25, 0.3) is 11.5 Å². The molecule has 6 heterocycles. The molecule has 4 aromatic rings. The minimum Gasteiger partial charge on any atom is -0.503 e. The van der Waals surface area contributed by atoms with E-state index < -0.39 is 64.6 Å². The van der Waals surface area contributed by atoms with Crippen molar-refractivity contribution in [1.29, 1.82) is 0 Å². The van der Waals surface area contributed by atoms with E-state index in [1.165, 1.54) is 9.47 Å². The maximum atomic E-state index is 14.3. The SMILES string of the molecule is C[C@H]1OC2(CCN(C(=O)c3nccc(F)c3O)CC2)c2c1n(CC(=O)Nc1ccc(C(F)(F)F)cc1Cl)c1nc(C3=CCOCC3)nn1c2=O. The predicted octanol–water partition coefficient (Wildman–Crippen LogP) is 4.47. The highest BCUT2D eigenvalue weighted by atomic mass is 35.5. The highest BCUT2D eigenvalue weighted by molar-refractivity contribution is 6.33. The standard InChI is InChI=1S/C32H28ClF4N7O6/c1-16-25-23(31(50-16)7-10-42(11-8-31)29(48)24-26(46)20(34)4-9-38-24)28(47)44-30(40-27(41-44)17-5-12-49-13-6-17)43(25)15-22(45)39-21-3-2-18(14-19(21)33)32(35,36)37/h2-5,9,14,16,46H,6-8,10-13,15H2,1H3,(H,39,45)/t16-/m1/s1. The van der Waals surface area contributed by atoms with Gasteiger partial charge < -0.3 is 29.4 Å². The number of aromatic nitrogens is 5. The number of piperidine rings is 1. The van der Waals surface area contributed by atoms with Crippen molar-refractivity contribution in [3.05, 3.63) is 86.1 Å². The van der Waals surface area contributed by atoms with E-state index in [2.05, 4.69) is 20.4 Å². The summed E-state index contributed by atoms with van der Waals surface area (Å²) in [4.78, 5) is 50.8. The molecule has 18 heteroatoms. The van der Waals surface area contributed by atoms with Gasteiger partial charge >= 0.3 is 6.18 Å². The minimum absolute atomic E-state index is 0.0394. The number of rotatable bonds is 5. The number of nitrogens with one attached hydrogen (secondary N) is 1. The smallest absolute Gasteiger partial charge is 0.416 e.